The lowest BCUT2D eigenvalue weighted by Gasteiger charge is -2.17. The normalized spacial score (nSPS) is 15.2. The van der Waals surface area contributed by atoms with E-state index in [-0.39, 0.29) is 17.0 Å². The summed E-state index contributed by atoms with van der Waals surface area (Å²) in [6, 6.07) is 2.05. The van der Waals surface area contributed by atoms with Crippen LogP contribution in [0.25, 0.3) is 0 Å². The minimum Gasteiger partial charge on any atom is -0.477 e. The second kappa shape index (κ2) is 6.06. The Morgan fingerprint density at radius 2 is 2.00 bits per heavy atom. The minimum absolute atomic E-state index is 0.0482. The van der Waals surface area contributed by atoms with E-state index in [0.29, 0.717) is 23.4 Å². The molecule has 0 radical (unpaired) electrons. The lowest BCUT2D eigenvalue weighted by molar-refractivity contribution is 0.0690. The molecule has 0 aromatic carbocycles. The second-order valence-electron chi connectivity index (χ2n) is 7.20. The molecule has 2 aromatic rings. The van der Waals surface area contributed by atoms with Crippen molar-refractivity contribution in [3.8, 4) is 0 Å². The summed E-state index contributed by atoms with van der Waals surface area (Å²) in [5.41, 5.74) is 3.73. The van der Waals surface area contributed by atoms with Gasteiger partial charge in [-0.3, -0.25) is 9.48 Å². The number of aromatic amines is 1. The zero-order valence-electron chi connectivity index (χ0n) is 15.1. The molecule has 1 aliphatic rings. The summed E-state index contributed by atoms with van der Waals surface area (Å²) in [6.45, 7) is 8.74. The first kappa shape index (κ1) is 17.3. The van der Waals surface area contributed by atoms with Crippen molar-refractivity contribution >= 4 is 11.9 Å². The molecule has 0 bridgehead atoms. The molecule has 0 spiro atoms. The number of amides is 1. The highest BCUT2D eigenvalue weighted by atomic mass is 16.4. The number of carboxylic acid groups (broad SMARTS) is 1. The van der Waals surface area contributed by atoms with E-state index in [4.69, 9.17) is 0 Å². The molecule has 1 amide bonds. The van der Waals surface area contributed by atoms with Crippen LogP contribution in [0, 0.1) is 33.1 Å². The van der Waals surface area contributed by atoms with Crippen LogP contribution in [0.2, 0.25) is 0 Å². The number of hydrogen-bond acceptors (Lipinski definition) is 3. The van der Waals surface area contributed by atoms with Crippen LogP contribution in [0.1, 0.15) is 56.3 Å². The van der Waals surface area contributed by atoms with Gasteiger partial charge in [0.2, 0.25) is 0 Å². The fourth-order valence-corrected chi connectivity index (χ4v) is 3.38. The van der Waals surface area contributed by atoms with Crippen LogP contribution in [0.5, 0.6) is 0 Å². The van der Waals surface area contributed by atoms with Crippen LogP contribution in [0.4, 0.5) is 0 Å². The van der Waals surface area contributed by atoms with E-state index in [1.807, 2.05) is 18.5 Å². The zero-order valence-corrected chi connectivity index (χ0v) is 15.1. The Kier molecular flexibility index (Phi) is 4.18. The van der Waals surface area contributed by atoms with Gasteiger partial charge in [0.25, 0.3) is 5.91 Å². The maximum Gasteiger partial charge on any atom is 0.352 e. The topological polar surface area (TPSA) is 100 Å². The van der Waals surface area contributed by atoms with Crippen molar-refractivity contribution in [1.29, 1.82) is 0 Å². The summed E-state index contributed by atoms with van der Waals surface area (Å²) < 4.78 is 2.00. The van der Waals surface area contributed by atoms with Gasteiger partial charge in [-0.2, -0.15) is 5.10 Å². The molecule has 0 aliphatic heterocycles. The molecule has 1 saturated carbocycles. The van der Waals surface area contributed by atoms with Gasteiger partial charge in [-0.05, 0) is 52.2 Å². The van der Waals surface area contributed by atoms with Gasteiger partial charge >= 0.3 is 5.97 Å². The average molecular weight is 344 g/mol. The maximum atomic E-state index is 12.6. The van der Waals surface area contributed by atoms with Crippen LogP contribution >= 0.6 is 0 Å². The van der Waals surface area contributed by atoms with Gasteiger partial charge < -0.3 is 15.4 Å². The molecule has 2 heterocycles. The highest BCUT2D eigenvalue weighted by molar-refractivity contribution is 6.00. The number of nitrogens with one attached hydrogen (secondary N) is 2. The van der Waals surface area contributed by atoms with Crippen molar-refractivity contribution in [2.75, 3.05) is 6.54 Å². The molecule has 3 N–H and O–H groups in total. The van der Waals surface area contributed by atoms with E-state index < -0.39 is 5.97 Å². The number of nitrogens with zero attached hydrogens (tertiary/aromatic N) is 2. The van der Waals surface area contributed by atoms with E-state index >= 15 is 0 Å². The van der Waals surface area contributed by atoms with E-state index in [0.717, 1.165) is 30.8 Å². The molecule has 2 aromatic heterocycles. The van der Waals surface area contributed by atoms with Gasteiger partial charge in [0.1, 0.15) is 5.69 Å². The van der Waals surface area contributed by atoms with Gasteiger partial charge in [0, 0.05) is 29.9 Å². The highest BCUT2D eigenvalue weighted by Gasteiger charge is 2.43. The van der Waals surface area contributed by atoms with Crippen molar-refractivity contribution in [3.05, 3.63) is 40.0 Å². The fourth-order valence-electron chi connectivity index (χ4n) is 3.38. The Balaban J connectivity index is 1.68. The predicted molar refractivity (Wildman–Crippen MR) is 92.9 cm³/mol. The summed E-state index contributed by atoms with van der Waals surface area (Å²) in [7, 11) is 0. The molecule has 0 atom stereocenters. The van der Waals surface area contributed by atoms with Crippen LogP contribution in [-0.4, -0.2) is 38.3 Å². The number of aromatic carboxylic acids is 1. The lowest BCUT2D eigenvalue weighted by atomic mass is 10.1. The Labute approximate surface area is 146 Å². The Hall–Kier alpha value is -2.57. The molecule has 134 valence electrons. The third-order valence-corrected chi connectivity index (χ3v) is 5.05. The van der Waals surface area contributed by atoms with Crippen LogP contribution in [-0.2, 0) is 6.54 Å². The smallest absolute Gasteiger partial charge is 0.352 e. The molecular formula is C18H24N4O3. The SMILES string of the molecule is Cc1cc(C)n(CC2(CNC(=O)c3c(C)[nH]c(C(=O)O)c3C)CC2)n1. The van der Waals surface area contributed by atoms with Crippen LogP contribution in [0.15, 0.2) is 6.07 Å². The molecule has 1 fully saturated rings. The van der Waals surface area contributed by atoms with Crippen molar-refractivity contribution in [3.63, 3.8) is 0 Å². The predicted octanol–water partition coefficient (Wildman–Crippen LogP) is 2.35. The first-order chi connectivity index (χ1) is 11.7. The second-order valence-corrected chi connectivity index (χ2v) is 7.20. The summed E-state index contributed by atoms with van der Waals surface area (Å²) in [6.07, 6.45) is 2.11. The van der Waals surface area contributed by atoms with Crippen LogP contribution in [0.3, 0.4) is 0 Å². The van der Waals surface area contributed by atoms with Gasteiger partial charge in [0.05, 0.1) is 11.3 Å². The number of carbonyl (C=O) groups is 2. The van der Waals surface area contributed by atoms with Gasteiger partial charge in [0.15, 0.2) is 0 Å². The number of aryl methyl sites for hydroxylation is 3. The number of aromatic nitrogens is 3. The number of H-pyrrole nitrogens is 1. The molecule has 3 rings (SSSR count). The van der Waals surface area contributed by atoms with Gasteiger partial charge in [-0.1, -0.05) is 0 Å². The van der Waals surface area contributed by atoms with Crippen molar-refractivity contribution in [2.24, 2.45) is 5.41 Å². The molecule has 7 heteroatoms. The number of rotatable bonds is 6. The third-order valence-electron chi connectivity index (χ3n) is 5.05. The highest BCUT2D eigenvalue weighted by Crippen LogP contribution is 2.46. The quantitative estimate of drug-likeness (QED) is 0.749. The van der Waals surface area contributed by atoms with E-state index in [2.05, 4.69) is 21.5 Å². The standard InChI is InChI=1S/C18H24N4O3/c1-10-7-11(2)22(21-10)9-18(5-6-18)8-19-16(23)14-12(3)15(17(24)25)20-13(14)4/h7,20H,5-6,8-9H2,1-4H3,(H,19,23)(H,24,25). The van der Waals surface area contributed by atoms with Crippen molar-refractivity contribution < 1.29 is 14.7 Å². The molecular weight excluding hydrogens is 320 g/mol. The van der Waals surface area contributed by atoms with E-state index in [1.165, 1.54) is 0 Å². The molecule has 1 aliphatic carbocycles. The third kappa shape index (κ3) is 3.31. The Morgan fingerprint density at radius 3 is 2.48 bits per heavy atom. The Bertz CT molecular complexity index is 843. The monoisotopic (exact) mass is 344 g/mol. The average Bonchev–Trinajstić information content (AvgIpc) is 3.12. The van der Waals surface area contributed by atoms with Crippen LogP contribution < -0.4 is 5.32 Å². The summed E-state index contributed by atoms with van der Waals surface area (Å²) in [4.78, 5) is 26.6. The molecule has 0 saturated heterocycles. The zero-order chi connectivity index (χ0) is 18.4. The van der Waals surface area contributed by atoms with E-state index in [1.54, 1.807) is 13.8 Å². The van der Waals surface area contributed by atoms with Crippen molar-refractivity contribution in [2.45, 2.75) is 47.1 Å². The largest absolute Gasteiger partial charge is 0.477 e. The lowest BCUT2D eigenvalue weighted by Crippen LogP contribution is -2.33. The minimum atomic E-state index is -1.05. The number of carboxylic acids is 1. The molecule has 7 nitrogen and oxygen atoms in total. The fraction of sp³-hybridized carbons (Fsp3) is 0.500. The van der Waals surface area contributed by atoms with Gasteiger partial charge in [-0.15, -0.1) is 0 Å². The molecule has 25 heavy (non-hydrogen) atoms. The van der Waals surface area contributed by atoms with Gasteiger partial charge in [-0.25, -0.2) is 4.79 Å². The summed E-state index contributed by atoms with van der Waals surface area (Å²) in [5, 5.41) is 16.7. The van der Waals surface area contributed by atoms with Crippen molar-refractivity contribution in [1.82, 2.24) is 20.1 Å². The maximum absolute atomic E-state index is 12.6. The number of hydrogen-bond donors (Lipinski definition) is 3. The summed E-state index contributed by atoms with van der Waals surface area (Å²) >= 11 is 0. The number of carbonyl (C=O) groups excluding carboxylic acids is 1. The Morgan fingerprint density at radius 1 is 1.32 bits per heavy atom. The molecule has 0 unspecified atom stereocenters. The first-order valence-corrected chi connectivity index (χ1v) is 8.44. The first-order valence-electron chi connectivity index (χ1n) is 8.44. The van der Waals surface area contributed by atoms with E-state index in [9.17, 15) is 14.7 Å². The summed E-state index contributed by atoms with van der Waals surface area (Å²) in [5.74, 6) is -1.28.